The Kier molecular flexibility index (Phi) is 11.5. The van der Waals surface area contributed by atoms with E-state index in [9.17, 15) is 27.8 Å². The monoisotopic (exact) mass is 523 g/mol. The molecule has 9 nitrogen and oxygen atoms in total. The van der Waals surface area contributed by atoms with Gasteiger partial charge >= 0.3 is 43.7 Å². The van der Waals surface area contributed by atoms with Crippen LogP contribution >= 0.6 is 0 Å². The minimum absolute atomic E-state index is 0. The molecule has 1 aromatic carbocycles. The van der Waals surface area contributed by atoms with Crippen LogP contribution in [-0.2, 0) is 14.8 Å². The van der Waals surface area contributed by atoms with Crippen molar-refractivity contribution in [2.24, 2.45) is 0 Å². The third-order valence-electron chi connectivity index (χ3n) is 4.82. The molecule has 0 spiro atoms. The number of carboxylic acid groups (broad SMARTS) is 1. The molecule has 3 N–H and O–H groups in total. The van der Waals surface area contributed by atoms with Crippen LogP contribution in [-0.4, -0.2) is 103 Å². The molecule has 0 aliphatic rings. The van der Waals surface area contributed by atoms with Gasteiger partial charge in [0, 0.05) is 24.6 Å². The van der Waals surface area contributed by atoms with Crippen molar-refractivity contribution in [3.8, 4) is 11.3 Å². The van der Waals surface area contributed by atoms with E-state index >= 15 is 0 Å². The van der Waals surface area contributed by atoms with E-state index in [0.717, 1.165) is 10.6 Å². The zero-order valence-corrected chi connectivity index (χ0v) is 19.6. The van der Waals surface area contributed by atoms with Crippen LogP contribution in [0.1, 0.15) is 43.9 Å². The average molecular weight is 524 g/mol. The first kappa shape index (κ1) is 30.4. The Bertz CT molecular complexity index is 1130. The topological polar surface area (TPSA) is 141 Å². The number of sulfonamides is 1. The number of carboxylic acids is 1. The molecule has 2 rings (SSSR count). The van der Waals surface area contributed by atoms with Gasteiger partial charge in [-0.05, 0) is 30.2 Å². The molecule has 184 valence electrons. The summed E-state index contributed by atoms with van der Waals surface area (Å²) in [5.41, 5.74) is 1.80. The van der Waals surface area contributed by atoms with Crippen LogP contribution in [0.15, 0.2) is 30.3 Å². The Labute approximate surface area is 228 Å². The van der Waals surface area contributed by atoms with Crippen LogP contribution in [0, 0.1) is 5.82 Å². The van der Waals surface area contributed by atoms with Crippen molar-refractivity contribution in [1.82, 2.24) is 9.97 Å². The normalized spacial score (nSPS) is 13.5. The van der Waals surface area contributed by atoms with Gasteiger partial charge in [-0.2, -0.15) is 0 Å². The standard InChI is InChI=1S/C22H28FN3O6S.Ca.2H/c1-13(2)20-18(10-9-16(27)11-17(28)12-19(29)30)21(14-5-7-15(23)8-6-14)25-22(24-20)26(3)33(4,31)32;;;/h5-10,13,16-17,27-28H,11-12H2,1-4H3,(H,29,30);;;/b10-9+;;;/t16-,17-;;;/m1.../s1. The molecule has 0 saturated carbocycles. The van der Waals surface area contributed by atoms with Gasteiger partial charge in [0.1, 0.15) is 5.82 Å². The van der Waals surface area contributed by atoms with Crippen LogP contribution in [0.4, 0.5) is 10.3 Å². The Morgan fingerprint density at radius 1 is 1.18 bits per heavy atom. The molecule has 1 aromatic heterocycles. The summed E-state index contributed by atoms with van der Waals surface area (Å²) in [5.74, 6) is -1.87. The van der Waals surface area contributed by atoms with Crippen LogP contribution in [0.5, 0.6) is 0 Å². The number of aliphatic hydroxyl groups excluding tert-OH is 2. The van der Waals surface area contributed by atoms with Gasteiger partial charge in [-0.1, -0.05) is 26.0 Å². The van der Waals surface area contributed by atoms with Crippen molar-refractivity contribution in [3.63, 3.8) is 0 Å². The summed E-state index contributed by atoms with van der Waals surface area (Å²) in [5, 5.41) is 28.8. The van der Waals surface area contributed by atoms with Crippen LogP contribution in [0.2, 0.25) is 0 Å². The molecule has 0 unspecified atom stereocenters. The first-order valence-corrected chi connectivity index (χ1v) is 12.0. The second-order valence-electron chi connectivity index (χ2n) is 7.98. The number of nitrogens with zero attached hydrogens (tertiary/aromatic N) is 3. The molecule has 2 atom stereocenters. The van der Waals surface area contributed by atoms with Crippen LogP contribution in [0.25, 0.3) is 17.3 Å². The van der Waals surface area contributed by atoms with Crippen molar-refractivity contribution in [3.05, 3.63) is 47.4 Å². The molecular weight excluding hydrogens is 493 g/mol. The zero-order valence-electron chi connectivity index (χ0n) is 18.8. The first-order valence-electron chi connectivity index (χ1n) is 10.2. The summed E-state index contributed by atoms with van der Waals surface area (Å²) in [6.45, 7) is 3.71. The fourth-order valence-electron chi connectivity index (χ4n) is 3.05. The third kappa shape index (κ3) is 8.54. The molecule has 12 heteroatoms. The number of aliphatic carboxylic acids is 1. The molecule has 2 aromatic rings. The van der Waals surface area contributed by atoms with Crippen molar-refractivity contribution < 1.29 is 32.9 Å². The second kappa shape index (κ2) is 12.9. The molecule has 0 radical (unpaired) electrons. The van der Waals surface area contributed by atoms with Crippen molar-refractivity contribution >= 4 is 65.8 Å². The predicted octanol–water partition coefficient (Wildman–Crippen LogP) is 1.49. The first-order chi connectivity index (χ1) is 15.3. The molecule has 0 aliphatic heterocycles. The van der Waals surface area contributed by atoms with Crippen molar-refractivity contribution in [2.45, 2.75) is 44.8 Å². The van der Waals surface area contributed by atoms with Gasteiger partial charge in [0.05, 0.1) is 36.3 Å². The Hall–Kier alpha value is -1.63. The van der Waals surface area contributed by atoms with Crippen molar-refractivity contribution in [2.75, 3.05) is 17.6 Å². The van der Waals surface area contributed by atoms with Gasteiger partial charge in [-0.25, -0.2) is 27.1 Å². The maximum absolute atomic E-state index is 13.5. The van der Waals surface area contributed by atoms with E-state index in [4.69, 9.17) is 5.11 Å². The van der Waals surface area contributed by atoms with E-state index in [1.165, 1.54) is 43.5 Å². The molecule has 0 amide bonds. The van der Waals surface area contributed by atoms with E-state index in [-0.39, 0.29) is 56.0 Å². The SMILES string of the molecule is CC(C)c1nc(N(C)S(C)(=O)=O)nc(-c2ccc(F)cc2)c1/C=C/[C@@H](O)C[C@@H](O)CC(=O)O.[CaH2]. The van der Waals surface area contributed by atoms with E-state index < -0.39 is 40.4 Å². The van der Waals surface area contributed by atoms with Gasteiger partial charge in [0.15, 0.2) is 0 Å². The number of aliphatic hydroxyl groups is 2. The van der Waals surface area contributed by atoms with E-state index in [2.05, 4.69) is 9.97 Å². The molecule has 34 heavy (non-hydrogen) atoms. The number of aromatic nitrogens is 2. The summed E-state index contributed by atoms with van der Waals surface area (Å²) in [7, 11) is -2.33. The van der Waals surface area contributed by atoms with Gasteiger partial charge in [0.25, 0.3) is 0 Å². The summed E-state index contributed by atoms with van der Waals surface area (Å²) < 4.78 is 38.6. The second-order valence-corrected chi connectivity index (χ2v) is 9.99. The number of hydrogen-bond donors (Lipinski definition) is 3. The number of benzene rings is 1. The number of rotatable bonds is 10. The van der Waals surface area contributed by atoms with Crippen LogP contribution < -0.4 is 4.31 Å². The Morgan fingerprint density at radius 2 is 1.76 bits per heavy atom. The summed E-state index contributed by atoms with van der Waals surface area (Å²) in [6.07, 6.45) is 0.860. The molecule has 0 fully saturated rings. The van der Waals surface area contributed by atoms with E-state index in [1.54, 1.807) is 0 Å². The van der Waals surface area contributed by atoms with Gasteiger partial charge in [-0.15, -0.1) is 0 Å². The van der Waals surface area contributed by atoms with Gasteiger partial charge in [-0.3, -0.25) is 4.79 Å². The quantitative estimate of drug-likeness (QED) is 0.398. The average Bonchev–Trinajstić information content (AvgIpc) is 2.70. The number of anilines is 1. The third-order valence-corrected chi connectivity index (χ3v) is 5.97. The van der Waals surface area contributed by atoms with Crippen molar-refractivity contribution in [1.29, 1.82) is 0 Å². The van der Waals surface area contributed by atoms with Gasteiger partial charge in [0.2, 0.25) is 16.0 Å². The molecular formula is C22H30CaFN3O6S. The summed E-state index contributed by atoms with van der Waals surface area (Å²) >= 11 is 0. The van der Waals surface area contributed by atoms with E-state index in [0.29, 0.717) is 22.5 Å². The number of carbonyl (C=O) groups is 1. The predicted molar refractivity (Wildman–Crippen MR) is 131 cm³/mol. The summed E-state index contributed by atoms with van der Waals surface area (Å²) in [6, 6.07) is 5.49. The van der Waals surface area contributed by atoms with Gasteiger partial charge < -0.3 is 15.3 Å². The fraction of sp³-hybridized carbons (Fsp3) is 0.409. The van der Waals surface area contributed by atoms with Crippen LogP contribution in [0.3, 0.4) is 0 Å². The Morgan fingerprint density at radius 3 is 2.26 bits per heavy atom. The molecule has 0 aliphatic carbocycles. The van der Waals surface area contributed by atoms with E-state index in [1.807, 2.05) is 13.8 Å². The maximum atomic E-state index is 13.5. The number of halogens is 1. The zero-order chi connectivity index (χ0) is 24.9. The molecule has 0 bridgehead atoms. The fourth-order valence-corrected chi connectivity index (χ4v) is 3.42. The molecule has 1 heterocycles. The molecule has 0 saturated heterocycles. The summed E-state index contributed by atoms with van der Waals surface area (Å²) in [4.78, 5) is 19.6. The number of hydrogen-bond acceptors (Lipinski definition) is 7. The Balaban J connectivity index is 0.00000578. The minimum atomic E-state index is -3.65.